The van der Waals surface area contributed by atoms with Crippen molar-refractivity contribution < 1.29 is 23.8 Å². The number of hydrogen-bond donors (Lipinski definition) is 1. The van der Waals surface area contributed by atoms with Crippen LogP contribution in [-0.4, -0.2) is 31.8 Å². The van der Waals surface area contributed by atoms with Crippen LogP contribution in [0.1, 0.15) is 24.2 Å². The Morgan fingerprint density at radius 1 is 1.37 bits per heavy atom. The molecule has 19 heavy (non-hydrogen) atoms. The summed E-state index contributed by atoms with van der Waals surface area (Å²) >= 11 is 0. The molecule has 104 valence electrons. The van der Waals surface area contributed by atoms with Gasteiger partial charge in [0.25, 0.3) is 0 Å². The highest BCUT2D eigenvalue weighted by Gasteiger charge is 2.18. The first-order valence-electron chi connectivity index (χ1n) is 5.80. The number of nitrogens with two attached hydrogens (primary N) is 1. The van der Waals surface area contributed by atoms with Gasteiger partial charge in [0.1, 0.15) is 5.75 Å². The number of methoxy groups -OCH3 is 1. The molecule has 1 atom stereocenters. The number of benzene rings is 1. The van der Waals surface area contributed by atoms with Gasteiger partial charge in [-0.25, -0.2) is 9.59 Å². The zero-order valence-electron chi connectivity index (χ0n) is 11.1. The Labute approximate surface area is 111 Å². The van der Waals surface area contributed by atoms with Crippen molar-refractivity contribution in [2.75, 3.05) is 19.5 Å². The molecule has 0 spiro atoms. The van der Waals surface area contributed by atoms with Crippen molar-refractivity contribution in [3.8, 4) is 5.75 Å². The van der Waals surface area contributed by atoms with E-state index in [1.165, 1.54) is 25.3 Å². The van der Waals surface area contributed by atoms with Gasteiger partial charge in [-0.15, -0.1) is 0 Å². The number of carbonyl (C=O) groups is 2. The molecule has 0 amide bonds. The van der Waals surface area contributed by atoms with Crippen LogP contribution in [0, 0.1) is 0 Å². The van der Waals surface area contributed by atoms with Gasteiger partial charge < -0.3 is 19.9 Å². The number of rotatable bonds is 5. The van der Waals surface area contributed by atoms with Gasteiger partial charge in [0, 0.05) is 0 Å². The molecule has 1 aromatic carbocycles. The number of ether oxygens (including phenoxy) is 3. The minimum absolute atomic E-state index is 0.239. The van der Waals surface area contributed by atoms with Crippen LogP contribution in [-0.2, 0) is 14.3 Å². The SMILES string of the molecule is CCOC(=O)C(C)Oc1cc(C(=O)OC)ccc1N. The molecule has 6 nitrogen and oxygen atoms in total. The minimum Gasteiger partial charge on any atom is -0.477 e. The van der Waals surface area contributed by atoms with Crippen molar-refractivity contribution in [1.29, 1.82) is 0 Å². The fourth-order valence-electron chi connectivity index (χ4n) is 1.38. The number of nitrogen functional groups attached to an aromatic ring is 1. The van der Waals surface area contributed by atoms with E-state index in [-0.39, 0.29) is 12.4 Å². The van der Waals surface area contributed by atoms with E-state index >= 15 is 0 Å². The smallest absolute Gasteiger partial charge is 0.347 e. The molecule has 0 heterocycles. The molecule has 0 aliphatic heterocycles. The lowest BCUT2D eigenvalue weighted by Crippen LogP contribution is -2.26. The molecule has 0 saturated carbocycles. The molecule has 0 aliphatic rings. The second-order valence-electron chi connectivity index (χ2n) is 3.76. The van der Waals surface area contributed by atoms with Gasteiger partial charge in [0.05, 0.1) is 25.0 Å². The molecule has 1 unspecified atom stereocenters. The Balaban J connectivity index is 2.88. The number of esters is 2. The Morgan fingerprint density at radius 2 is 2.05 bits per heavy atom. The van der Waals surface area contributed by atoms with Gasteiger partial charge in [0.2, 0.25) is 0 Å². The van der Waals surface area contributed by atoms with Crippen LogP contribution in [0.4, 0.5) is 5.69 Å². The van der Waals surface area contributed by atoms with E-state index in [9.17, 15) is 9.59 Å². The van der Waals surface area contributed by atoms with Crippen LogP contribution >= 0.6 is 0 Å². The zero-order chi connectivity index (χ0) is 14.4. The van der Waals surface area contributed by atoms with E-state index in [4.69, 9.17) is 15.2 Å². The molecule has 0 radical (unpaired) electrons. The Morgan fingerprint density at radius 3 is 2.63 bits per heavy atom. The van der Waals surface area contributed by atoms with Gasteiger partial charge in [0.15, 0.2) is 6.10 Å². The lowest BCUT2D eigenvalue weighted by Gasteiger charge is -2.15. The summed E-state index contributed by atoms with van der Waals surface area (Å²) in [6.45, 7) is 3.52. The first kappa shape index (κ1) is 14.8. The molecule has 2 N–H and O–H groups in total. The van der Waals surface area contributed by atoms with E-state index in [0.717, 1.165) is 0 Å². The van der Waals surface area contributed by atoms with Crippen LogP contribution < -0.4 is 10.5 Å². The Kier molecular flexibility index (Phi) is 5.17. The van der Waals surface area contributed by atoms with Crippen LogP contribution in [0.15, 0.2) is 18.2 Å². The van der Waals surface area contributed by atoms with Crippen molar-refractivity contribution in [3.63, 3.8) is 0 Å². The van der Waals surface area contributed by atoms with E-state index in [0.29, 0.717) is 11.3 Å². The monoisotopic (exact) mass is 267 g/mol. The fraction of sp³-hybridized carbons (Fsp3) is 0.385. The van der Waals surface area contributed by atoms with Gasteiger partial charge in [-0.1, -0.05) is 0 Å². The van der Waals surface area contributed by atoms with E-state index in [1.54, 1.807) is 13.8 Å². The average Bonchev–Trinajstić information content (AvgIpc) is 2.40. The predicted molar refractivity (Wildman–Crippen MR) is 68.9 cm³/mol. The third kappa shape index (κ3) is 3.87. The summed E-state index contributed by atoms with van der Waals surface area (Å²) in [6.07, 6.45) is -0.810. The third-order valence-electron chi connectivity index (χ3n) is 2.36. The number of carbonyl (C=O) groups excluding carboxylic acids is 2. The second-order valence-corrected chi connectivity index (χ2v) is 3.76. The highest BCUT2D eigenvalue weighted by atomic mass is 16.6. The summed E-state index contributed by atoms with van der Waals surface area (Å²) in [7, 11) is 1.28. The molecule has 1 aromatic rings. The van der Waals surface area contributed by atoms with E-state index < -0.39 is 18.0 Å². The maximum Gasteiger partial charge on any atom is 0.347 e. The standard InChI is InChI=1S/C13H17NO5/c1-4-18-12(15)8(2)19-11-7-9(13(16)17-3)5-6-10(11)14/h5-8H,4,14H2,1-3H3. The molecular weight excluding hydrogens is 250 g/mol. The highest BCUT2D eigenvalue weighted by molar-refractivity contribution is 5.90. The molecular formula is C13H17NO5. The Hall–Kier alpha value is -2.24. The second kappa shape index (κ2) is 6.63. The predicted octanol–water partition coefficient (Wildman–Crippen LogP) is 1.39. The normalized spacial score (nSPS) is 11.5. The van der Waals surface area contributed by atoms with Crippen LogP contribution in [0.25, 0.3) is 0 Å². The minimum atomic E-state index is -0.810. The molecule has 0 bridgehead atoms. The van der Waals surface area contributed by atoms with Crippen molar-refractivity contribution in [2.24, 2.45) is 0 Å². The summed E-state index contributed by atoms with van der Waals surface area (Å²) in [5.41, 5.74) is 6.34. The average molecular weight is 267 g/mol. The van der Waals surface area contributed by atoms with E-state index in [2.05, 4.69) is 4.74 Å². The molecule has 0 saturated heterocycles. The van der Waals surface area contributed by atoms with Gasteiger partial charge in [-0.3, -0.25) is 0 Å². The summed E-state index contributed by atoms with van der Waals surface area (Å²) in [5, 5.41) is 0. The topological polar surface area (TPSA) is 87.8 Å². The maximum atomic E-state index is 11.5. The largest absolute Gasteiger partial charge is 0.477 e. The molecule has 0 fully saturated rings. The summed E-state index contributed by atoms with van der Waals surface area (Å²) in [6, 6.07) is 4.46. The Bertz CT molecular complexity index is 472. The fourth-order valence-corrected chi connectivity index (χ4v) is 1.38. The van der Waals surface area contributed by atoms with Crippen LogP contribution in [0.3, 0.4) is 0 Å². The van der Waals surface area contributed by atoms with Gasteiger partial charge in [-0.2, -0.15) is 0 Å². The van der Waals surface area contributed by atoms with Crippen molar-refractivity contribution in [2.45, 2.75) is 20.0 Å². The van der Waals surface area contributed by atoms with Crippen LogP contribution in [0.5, 0.6) is 5.75 Å². The molecule has 0 aliphatic carbocycles. The lowest BCUT2D eigenvalue weighted by molar-refractivity contribution is -0.150. The van der Waals surface area contributed by atoms with Gasteiger partial charge in [-0.05, 0) is 32.0 Å². The van der Waals surface area contributed by atoms with Crippen molar-refractivity contribution in [3.05, 3.63) is 23.8 Å². The van der Waals surface area contributed by atoms with Gasteiger partial charge >= 0.3 is 11.9 Å². The summed E-state index contributed by atoms with van der Waals surface area (Å²) in [4.78, 5) is 22.8. The number of anilines is 1. The third-order valence-corrected chi connectivity index (χ3v) is 2.36. The molecule has 1 rings (SSSR count). The first-order valence-corrected chi connectivity index (χ1v) is 5.80. The van der Waals surface area contributed by atoms with Crippen molar-refractivity contribution >= 4 is 17.6 Å². The summed E-state index contributed by atoms with van der Waals surface area (Å²) < 4.78 is 14.8. The highest BCUT2D eigenvalue weighted by Crippen LogP contribution is 2.24. The summed E-state index contributed by atoms with van der Waals surface area (Å²) in [5.74, 6) is -0.762. The first-order chi connectivity index (χ1) is 8.99. The van der Waals surface area contributed by atoms with E-state index in [1.807, 2.05) is 0 Å². The van der Waals surface area contributed by atoms with Crippen LogP contribution in [0.2, 0.25) is 0 Å². The molecule has 6 heteroatoms. The molecule has 0 aromatic heterocycles. The quantitative estimate of drug-likeness (QED) is 0.640. The van der Waals surface area contributed by atoms with Crippen molar-refractivity contribution in [1.82, 2.24) is 0 Å². The zero-order valence-corrected chi connectivity index (χ0v) is 11.1. The number of hydrogen-bond acceptors (Lipinski definition) is 6. The lowest BCUT2D eigenvalue weighted by atomic mass is 10.2. The maximum absolute atomic E-state index is 11.5.